The predicted octanol–water partition coefficient (Wildman–Crippen LogP) is 2.04. The number of hydrogen-bond donors (Lipinski definition) is 2. The summed E-state index contributed by atoms with van der Waals surface area (Å²) in [5.74, 6) is 0.860. The van der Waals surface area contributed by atoms with Crippen LogP contribution in [0.2, 0.25) is 0 Å². The number of benzene rings is 1. The molecule has 0 radical (unpaired) electrons. The molecule has 0 fully saturated rings. The highest BCUT2D eigenvalue weighted by Gasteiger charge is 2.16. The number of imidazole rings is 1. The Morgan fingerprint density at radius 1 is 1.32 bits per heavy atom. The van der Waals surface area contributed by atoms with Crippen LogP contribution in [-0.2, 0) is 13.6 Å². The smallest absolute Gasteiger partial charge is 0.142 e. The van der Waals surface area contributed by atoms with E-state index in [9.17, 15) is 0 Å². The highest BCUT2D eigenvalue weighted by molar-refractivity contribution is 5.83. The molecular weight excluding hydrogens is 238 g/mol. The lowest BCUT2D eigenvalue weighted by Gasteiger charge is -1.97. The van der Waals surface area contributed by atoms with Gasteiger partial charge in [-0.2, -0.15) is 5.10 Å². The van der Waals surface area contributed by atoms with Gasteiger partial charge in [-0.25, -0.2) is 4.98 Å². The number of para-hydroxylation sites is 1. The van der Waals surface area contributed by atoms with E-state index < -0.39 is 0 Å². The number of nitrogens with two attached hydrogens (primary N) is 1. The van der Waals surface area contributed by atoms with E-state index >= 15 is 0 Å². The van der Waals surface area contributed by atoms with Crippen molar-refractivity contribution in [3.05, 3.63) is 35.2 Å². The van der Waals surface area contributed by atoms with E-state index in [1.807, 2.05) is 43.8 Å². The monoisotopic (exact) mass is 255 g/mol. The largest absolute Gasteiger partial charge is 0.338 e. The summed E-state index contributed by atoms with van der Waals surface area (Å²) >= 11 is 0. The van der Waals surface area contributed by atoms with Crippen molar-refractivity contribution in [1.82, 2.24) is 19.7 Å². The molecule has 1 aromatic carbocycles. The Balaban J connectivity index is 2.26. The molecule has 0 amide bonds. The highest BCUT2D eigenvalue weighted by Crippen LogP contribution is 2.27. The number of aromatic amines is 1. The van der Waals surface area contributed by atoms with E-state index in [2.05, 4.69) is 10.1 Å². The highest BCUT2D eigenvalue weighted by atomic mass is 15.3. The van der Waals surface area contributed by atoms with Crippen molar-refractivity contribution in [2.24, 2.45) is 12.8 Å². The minimum absolute atomic E-state index is 0.493. The van der Waals surface area contributed by atoms with Crippen molar-refractivity contribution < 1.29 is 0 Å². The quantitative estimate of drug-likeness (QED) is 0.736. The Morgan fingerprint density at radius 3 is 2.74 bits per heavy atom. The third-order valence-electron chi connectivity index (χ3n) is 3.56. The summed E-state index contributed by atoms with van der Waals surface area (Å²) < 4.78 is 1.88. The van der Waals surface area contributed by atoms with Gasteiger partial charge < -0.3 is 10.7 Å². The lowest BCUT2D eigenvalue weighted by molar-refractivity contribution is 0.731. The first-order valence-corrected chi connectivity index (χ1v) is 6.30. The maximum Gasteiger partial charge on any atom is 0.142 e. The molecule has 3 N–H and O–H groups in total. The molecule has 3 rings (SSSR count). The maximum atomic E-state index is 5.76. The average molecular weight is 255 g/mol. The van der Waals surface area contributed by atoms with Gasteiger partial charge in [-0.15, -0.1) is 0 Å². The van der Waals surface area contributed by atoms with E-state index in [0.717, 1.165) is 39.4 Å². The van der Waals surface area contributed by atoms with Crippen LogP contribution in [0, 0.1) is 13.8 Å². The standard InChI is InChI=1S/C14H17N5/c1-8-12(9(2)19(3)18-8)14-16-11-6-4-5-10(7-15)13(11)17-14/h4-6H,7,15H2,1-3H3,(H,16,17). The Labute approximate surface area is 111 Å². The van der Waals surface area contributed by atoms with Crippen LogP contribution in [0.25, 0.3) is 22.4 Å². The lowest BCUT2D eigenvalue weighted by atomic mass is 10.2. The molecule has 0 aliphatic heterocycles. The minimum atomic E-state index is 0.493. The van der Waals surface area contributed by atoms with Crippen LogP contribution in [0.4, 0.5) is 0 Å². The second kappa shape index (κ2) is 4.20. The summed E-state index contributed by atoms with van der Waals surface area (Å²) in [6.45, 7) is 4.54. The van der Waals surface area contributed by atoms with Crippen molar-refractivity contribution in [3.63, 3.8) is 0 Å². The van der Waals surface area contributed by atoms with Crippen LogP contribution in [0.15, 0.2) is 18.2 Å². The van der Waals surface area contributed by atoms with E-state index in [-0.39, 0.29) is 0 Å². The fourth-order valence-electron chi connectivity index (χ4n) is 2.49. The van der Waals surface area contributed by atoms with E-state index in [4.69, 9.17) is 10.7 Å². The lowest BCUT2D eigenvalue weighted by Crippen LogP contribution is -1.96. The zero-order valence-corrected chi connectivity index (χ0v) is 11.4. The predicted molar refractivity (Wildman–Crippen MR) is 75.7 cm³/mol. The molecule has 0 unspecified atom stereocenters. The Morgan fingerprint density at radius 2 is 2.11 bits per heavy atom. The number of hydrogen-bond acceptors (Lipinski definition) is 3. The Bertz CT molecular complexity index is 751. The van der Waals surface area contributed by atoms with Crippen molar-refractivity contribution in [2.45, 2.75) is 20.4 Å². The molecule has 2 aromatic heterocycles. The number of aryl methyl sites for hydroxylation is 2. The van der Waals surface area contributed by atoms with Crippen molar-refractivity contribution >= 4 is 11.0 Å². The number of rotatable bonds is 2. The number of H-pyrrole nitrogens is 1. The Kier molecular flexibility index (Phi) is 2.64. The van der Waals surface area contributed by atoms with Gasteiger partial charge in [0.2, 0.25) is 0 Å². The normalized spacial score (nSPS) is 11.4. The fourth-order valence-corrected chi connectivity index (χ4v) is 2.49. The molecule has 0 aliphatic carbocycles. The first kappa shape index (κ1) is 11.9. The Hall–Kier alpha value is -2.14. The molecule has 0 saturated heterocycles. The number of nitrogens with zero attached hydrogens (tertiary/aromatic N) is 3. The van der Waals surface area contributed by atoms with Crippen molar-refractivity contribution in [2.75, 3.05) is 0 Å². The van der Waals surface area contributed by atoms with Gasteiger partial charge in [0.05, 0.1) is 22.3 Å². The van der Waals surface area contributed by atoms with Gasteiger partial charge in [0, 0.05) is 19.3 Å². The van der Waals surface area contributed by atoms with Crippen LogP contribution in [0.5, 0.6) is 0 Å². The van der Waals surface area contributed by atoms with Gasteiger partial charge >= 0.3 is 0 Å². The van der Waals surface area contributed by atoms with E-state index in [1.165, 1.54) is 0 Å². The zero-order valence-electron chi connectivity index (χ0n) is 11.4. The summed E-state index contributed by atoms with van der Waals surface area (Å²) in [6, 6.07) is 6.03. The molecule has 0 saturated carbocycles. The SMILES string of the molecule is Cc1nn(C)c(C)c1-c1nc2c(CN)cccc2[nH]1. The summed E-state index contributed by atoms with van der Waals surface area (Å²) in [6.07, 6.45) is 0. The second-order valence-corrected chi connectivity index (χ2v) is 4.77. The van der Waals surface area contributed by atoms with E-state index in [0.29, 0.717) is 6.54 Å². The van der Waals surface area contributed by atoms with Gasteiger partial charge in [-0.1, -0.05) is 12.1 Å². The topological polar surface area (TPSA) is 72.5 Å². The van der Waals surface area contributed by atoms with Crippen molar-refractivity contribution in [3.8, 4) is 11.4 Å². The first-order chi connectivity index (χ1) is 9.11. The molecule has 3 aromatic rings. The van der Waals surface area contributed by atoms with Crippen LogP contribution >= 0.6 is 0 Å². The summed E-state index contributed by atoms with van der Waals surface area (Å²) in [5.41, 5.74) is 11.9. The number of fused-ring (bicyclic) bond motifs is 1. The molecule has 0 aliphatic rings. The van der Waals surface area contributed by atoms with Gasteiger partial charge in [-0.05, 0) is 25.5 Å². The number of aromatic nitrogens is 4. The molecular formula is C14H17N5. The van der Waals surface area contributed by atoms with Crippen LogP contribution in [0.1, 0.15) is 17.0 Å². The molecule has 5 nitrogen and oxygen atoms in total. The average Bonchev–Trinajstić information content (AvgIpc) is 2.90. The second-order valence-electron chi connectivity index (χ2n) is 4.77. The molecule has 19 heavy (non-hydrogen) atoms. The molecule has 5 heteroatoms. The fraction of sp³-hybridized carbons (Fsp3) is 0.286. The van der Waals surface area contributed by atoms with Crippen LogP contribution in [0.3, 0.4) is 0 Å². The number of nitrogens with one attached hydrogen (secondary N) is 1. The molecule has 0 atom stereocenters. The molecule has 2 heterocycles. The maximum absolute atomic E-state index is 5.76. The van der Waals surface area contributed by atoms with Crippen LogP contribution in [-0.4, -0.2) is 19.7 Å². The third-order valence-corrected chi connectivity index (χ3v) is 3.56. The van der Waals surface area contributed by atoms with Gasteiger partial charge in [0.15, 0.2) is 0 Å². The summed E-state index contributed by atoms with van der Waals surface area (Å²) in [7, 11) is 1.94. The van der Waals surface area contributed by atoms with Gasteiger partial charge in [0.1, 0.15) is 5.82 Å². The zero-order chi connectivity index (χ0) is 13.6. The van der Waals surface area contributed by atoms with E-state index in [1.54, 1.807) is 0 Å². The minimum Gasteiger partial charge on any atom is -0.338 e. The molecule has 0 spiro atoms. The van der Waals surface area contributed by atoms with Gasteiger partial charge in [0.25, 0.3) is 0 Å². The first-order valence-electron chi connectivity index (χ1n) is 6.30. The summed E-state index contributed by atoms with van der Waals surface area (Å²) in [5, 5.41) is 4.43. The molecule has 98 valence electrons. The third kappa shape index (κ3) is 1.74. The van der Waals surface area contributed by atoms with Gasteiger partial charge in [-0.3, -0.25) is 4.68 Å². The van der Waals surface area contributed by atoms with Crippen molar-refractivity contribution in [1.29, 1.82) is 0 Å². The van der Waals surface area contributed by atoms with Crippen LogP contribution < -0.4 is 5.73 Å². The summed E-state index contributed by atoms with van der Waals surface area (Å²) in [4.78, 5) is 8.06. The molecule has 0 bridgehead atoms.